The summed E-state index contributed by atoms with van der Waals surface area (Å²) in [5.74, 6) is 0.506. The highest BCUT2D eigenvalue weighted by molar-refractivity contribution is 7.99. The summed E-state index contributed by atoms with van der Waals surface area (Å²) >= 11 is 1.76. The van der Waals surface area contributed by atoms with Gasteiger partial charge in [-0.05, 0) is 0 Å². The van der Waals surface area contributed by atoms with E-state index in [2.05, 4.69) is 5.32 Å². The molecule has 1 unspecified atom stereocenters. The first-order chi connectivity index (χ1) is 7.15. The number of carbonyl (C=O) groups excluding carboxylic acids is 1. The van der Waals surface area contributed by atoms with Crippen LogP contribution in [0.1, 0.15) is 0 Å². The fraction of sp³-hybridized carbons (Fsp3) is 0.750. The number of carbonyl (C=O) groups is 2. The maximum Gasteiger partial charge on any atom is 0.328 e. The number of aliphatic carboxylic acids is 1. The zero-order chi connectivity index (χ0) is 11.3. The molecule has 1 aliphatic heterocycles. The lowest BCUT2D eigenvalue weighted by molar-refractivity contribution is -0.140. The molecule has 3 N–H and O–H groups in total. The van der Waals surface area contributed by atoms with Gasteiger partial charge in [0.25, 0.3) is 0 Å². The molecule has 1 aliphatic rings. The second kappa shape index (κ2) is 5.82. The number of nitrogens with one attached hydrogen (secondary N) is 1. The van der Waals surface area contributed by atoms with Crippen molar-refractivity contribution < 1.29 is 19.8 Å². The van der Waals surface area contributed by atoms with Gasteiger partial charge >= 0.3 is 12.0 Å². The first kappa shape index (κ1) is 12.1. The third kappa shape index (κ3) is 3.60. The Labute approximate surface area is 91.6 Å². The molecule has 0 bridgehead atoms. The van der Waals surface area contributed by atoms with Crippen LogP contribution in [0.2, 0.25) is 0 Å². The van der Waals surface area contributed by atoms with Gasteiger partial charge in [-0.1, -0.05) is 0 Å². The maximum absolute atomic E-state index is 11.5. The van der Waals surface area contributed by atoms with Gasteiger partial charge in [-0.3, -0.25) is 0 Å². The number of hydrogen-bond acceptors (Lipinski definition) is 4. The van der Waals surface area contributed by atoms with Crippen molar-refractivity contribution in [1.82, 2.24) is 10.2 Å². The number of aliphatic hydroxyl groups is 1. The van der Waals surface area contributed by atoms with Gasteiger partial charge in [0.05, 0.1) is 6.61 Å². The predicted octanol–water partition coefficient (Wildman–Crippen LogP) is -0.810. The van der Waals surface area contributed by atoms with E-state index >= 15 is 0 Å². The molecule has 7 heteroatoms. The largest absolute Gasteiger partial charge is 0.480 e. The number of amides is 2. The fourth-order valence-corrected chi connectivity index (χ4v) is 2.10. The smallest absolute Gasteiger partial charge is 0.328 e. The molecule has 1 fully saturated rings. The molecule has 1 heterocycles. The molecule has 0 aromatic heterocycles. The van der Waals surface area contributed by atoms with Gasteiger partial charge in [0, 0.05) is 24.6 Å². The van der Waals surface area contributed by atoms with Crippen molar-refractivity contribution in [3.8, 4) is 0 Å². The van der Waals surface area contributed by atoms with Gasteiger partial charge in [0.15, 0.2) is 6.04 Å². The Hall–Kier alpha value is -0.950. The van der Waals surface area contributed by atoms with Crippen LogP contribution in [0.25, 0.3) is 0 Å². The lowest BCUT2D eigenvalue weighted by atomic mass is 10.3. The quantitative estimate of drug-likeness (QED) is 0.594. The van der Waals surface area contributed by atoms with E-state index in [4.69, 9.17) is 10.2 Å². The summed E-state index contributed by atoms with van der Waals surface area (Å²) < 4.78 is 0. The summed E-state index contributed by atoms with van der Waals surface area (Å²) in [7, 11) is 0. The molecule has 1 atom stereocenters. The van der Waals surface area contributed by atoms with Gasteiger partial charge < -0.3 is 20.4 Å². The summed E-state index contributed by atoms with van der Waals surface area (Å²) in [6, 6.07) is -1.64. The zero-order valence-corrected chi connectivity index (χ0v) is 9.00. The molecule has 0 saturated carbocycles. The first-order valence-electron chi connectivity index (χ1n) is 4.62. The van der Waals surface area contributed by atoms with Crippen molar-refractivity contribution in [3.05, 3.63) is 0 Å². The first-order valence-corrected chi connectivity index (χ1v) is 5.77. The molecule has 1 rings (SSSR count). The molecule has 86 valence electrons. The fourth-order valence-electron chi connectivity index (χ4n) is 1.19. The molecule has 6 nitrogen and oxygen atoms in total. The van der Waals surface area contributed by atoms with E-state index in [0.29, 0.717) is 13.1 Å². The van der Waals surface area contributed by atoms with Crippen molar-refractivity contribution in [1.29, 1.82) is 0 Å². The van der Waals surface area contributed by atoms with E-state index in [1.165, 1.54) is 0 Å². The van der Waals surface area contributed by atoms with Gasteiger partial charge in [0.2, 0.25) is 0 Å². The highest BCUT2D eigenvalue weighted by Crippen LogP contribution is 2.08. The number of rotatable bonds is 3. The second-order valence-corrected chi connectivity index (χ2v) is 4.35. The van der Waals surface area contributed by atoms with Gasteiger partial charge in [-0.2, -0.15) is 11.8 Å². The summed E-state index contributed by atoms with van der Waals surface area (Å²) in [5, 5.41) is 19.6. The molecule has 0 aliphatic carbocycles. The molecule has 0 aromatic carbocycles. The van der Waals surface area contributed by atoms with Gasteiger partial charge in [-0.25, -0.2) is 9.59 Å². The number of thioether (sulfide) groups is 1. The van der Waals surface area contributed by atoms with Crippen LogP contribution in [0.5, 0.6) is 0 Å². The highest BCUT2D eigenvalue weighted by Gasteiger charge is 2.23. The van der Waals surface area contributed by atoms with Crippen molar-refractivity contribution >= 4 is 23.8 Å². The van der Waals surface area contributed by atoms with Crippen LogP contribution < -0.4 is 5.32 Å². The van der Waals surface area contributed by atoms with Gasteiger partial charge in [0.1, 0.15) is 0 Å². The number of nitrogens with zero attached hydrogens (tertiary/aromatic N) is 1. The summed E-state index contributed by atoms with van der Waals surface area (Å²) in [6.07, 6.45) is 0. The van der Waals surface area contributed by atoms with E-state index in [-0.39, 0.29) is 0 Å². The minimum Gasteiger partial charge on any atom is -0.480 e. The Morgan fingerprint density at radius 3 is 2.47 bits per heavy atom. The standard InChI is InChI=1S/C8H14N2O4S/c11-5-6(7(12)13)9-8(14)10-1-3-15-4-2-10/h6,11H,1-5H2,(H,9,14)(H,12,13). The summed E-state index contributed by atoms with van der Waals surface area (Å²) in [6.45, 7) is 0.645. The monoisotopic (exact) mass is 234 g/mol. The molecule has 0 radical (unpaired) electrons. The minimum atomic E-state index is -1.22. The Kier molecular flexibility index (Phi) is 4.70. The van der Waals surface area contributed by atoms with Crippen molar-refractivity contribution in [2.24, 2.45) is 0 Å². The van der Waals surface area contributed by atoms with Crippen LogP contribution >= 0.6 is 11.8 Å². The molecule has 2 amide bonds. The lowest BCUT2D eigenvalue weighted by Gasteiger charge is -2.27. The predicted molar refractivity (Wildman–Crippen MR) is 55.9 cm³/mol. The minimum absolute atomic E-state index is 0.420. The van der Waals surface area contributed by atoms with Crippen LogP contribution in [0.3, 0.4) is 0 Å². The average Bonchev–Trinajstić information content (AvgIpc) is 2.26. The molecular weight excluding hydrogens is 220 g/mol. The third-order valence-electron chi connectivity index (χ3n) is 2.08. The summed E-state index contributed by atoms with van der Waals surface area (Å²) in [4.78, 5) is 23.6. The highest BCUT2D eigenvalue weighted by atomic mass is 32.2. The third-order valence-corrected chi connectivity index (χ3v) is 3.02. The van der Waals surface area contributed by atoms with E-state index in [1.54, 1.807) is 16.7 Å². The van der Waals surface area contributed by atoms with Crippen LogP contribution in [0.4, 0.5) is 4.79 Å². The van der Waals surface area contributed by atoms with Gasteiger partial charge in [-0.15, -0.1) is 0 Å². The number of carboxylic acids is 1. The molecule has 0 spiro atoms. The Bertz CT molecular complexity index is 243. The van der Waals surface area contributed by atoms with E-state index in [0.717, 1.165) is 11.5 Å². The number of urea groups is 1. The van der Waals surface area contributed by atoms with Crippen molar-refractivity contribution in [2.45, 2.75) is 6.04 Å². The van der Waals surface area contributed by atoms with Crippen LogP contribution in [-0.2, 0) is 4.79 Å². The molecule has 0 aromatic rings. The van der Waals surface area contributed by atoms with Crippen LogP contribution in [0.15, 0.2) is 0 Å². The Morgan fingerprint density at radius 2 is 2.00 bits per heavy atom. The normalized spacial score (nSPS) is 18.3. The van der Waals surface area contributed by atoms with Crippen LogP contribution in [-0.4, -0.2) is 64.4 Å². The van der Waals surface area contributed by atoms with E-state index < -0.39 is 24.6 Å². The SMILES string of the molecule is O=C(O)C(CO)NC(=O)N1CCSCC1. The Balaban J connectivity index is 2.42. The number of carboxylic acid groups (broad SMARTS) is 1. The number of hydrogen-bond donors (Lipinski definition) is 3. The van der Waals surface area contributed by atoms with Crippen molar-refractivity contribution in [2.75, 3.05) is 31.2 Å². The van der Waals surface area contributed by atoms with Crippen molar-refractivity contribution in [3.63, 3.8) is 0 Å². The van der Waals surface area contributed by atoms with E-state index in [9.17, 15) is 9.59 Å². The Morgan fingerprint density at radius 1 is 1.40 bits per heavy atom. The second-order valence-electron chi connectivity index (χ2n) is 3.12. The molecule has 1 saturated heterocycles. The van der Waals surface area contributed by atoms with E-state index in [1.807, 2.05) is 0 Å². The lowest BCUT2D eigenvalue weighted by Crippen LogP contribution is -2.51. The average molecular weight is 234 g/mol. The summed E-state index contributed by atoms with van der Waals surface area (Å²) in [5.41, 5.74) is 0. The molecular formula is C8H14N2O4S. The van der Waals surface area contributed by atoms with Crippen LogP contribution in [0, 0.1) is 0 Å². The maximum atomic E-state index is 11.5. The number of aliphatic hydroxyl groups excluding tert-OH is 1. The molecule has 15 heavy (non-hydrogen) atoms. The topological polar surface area (TPSA) is 89.9 Å². The zero-order valence-electron chi connectivity index (χ0n) is 8.18.